The largest absolute Gasteiger partial charge is 0.385 e. The van der Waals surface area contributed by atoms with Gasteiger partial charge in [-0.2, -0.15) is 0 Å². The maximum Gasteiger partial charge on any atom is 0.0462 e. The third-order valence-corrected chi connectivity index (χ3v) is 3.83. The van der Waals surface area contributed by atoms with E-state index >= 15 is 0 Å². The highest BCUT2D eigenvalue weighted by Gasteiger charge is 2.08. The Hall–Kier alpha value is -0.0500. The van der Waals surface area contributed by atoms with Crippen LogP contribution in [-0.2, 0) is 11.2 Å². The Morgan fingerprint density at radius 2 is 1.94 bits per heavy atom. The Labute approximate surface area is 118 Å². The number of unbranched alkanes of at least 4 members (excludes halogenated alkanes) is 1. The van der Waals surface area contributed by atoms with Gasteiger partial charge in [0.2, 0.25) is 0 Å². The number of alkyl halides is 1. The molecule has 96 valence electrons. The fourth-order valence-corrected chi connectivity index (χ4v) is 2.39. The lowest BCUT2D eigenvalue weighted by atomic mass is 9.96. The van der Waals surface area contributed by atoms with E-state index in [-0.39, 0.29) is 0 Å². The van der Waals surface area contributed by atoms with Gasteiger partial charge in [0.25, 0.3) is 0 Å². The van der Waals surface area contributed by atoms with Gasteiger partial charge in [0.15, 0.2) is 0 Å². The Kier molecular flexibility index (Phi) is 7.91. The smallest absolute Gasteiger partial charge is 0.0462 e. The maximum atomic E-state index is 6.02. The van der Waals surface area contributed by atoms with Crippen molar-refractivity contribution in [1.82, 2.24) is 0 Å². The molecule has 1 aromatic rings. The highest BCUT2D eigenvalue weighted by atomic mass is 79.9. The molecule has 0 spiro atoms. The molecule has 0 aliphatic heterocycles. The minimum absolute atomic E-state index is 0.578. The van der Waals surface area contributed by atoms with Gasteiger partial charge in [-0.15, -0.1) is 11.6 Å². The Morgan fingerprint density at radius 1 is 1.24 bits per heavy atom. The predicted molar refractivity (Wildman–Crippen MR) is 77.8 cm³/mol. The summed E-state index contributed by atoms with van der Waals surface area (Å²) in [5, 5.41) is 0. The standard InChI is InChI=1S/C14H20BrClO/c1-17-9-3-2-4-13(11-16)10-12-5-7-14(15)8-6-12/h5-8,13H,2-4,9-11H2,1H3. The quantitative estimate of drug-likeness (QED) is 0.500. The molecule has 1 atom stereocenters. The van der Waals surface area contributed by atoms with Crippen molar-refractivity contribution in [2.24, 2.45) is 5.92 Å². The molecule has 1 rings (SSSR count). The Morgan fingerprint density at radius 3 is 2.53 bits per heavy atom. The van der Waals surface area contributed by atoms with Crippen molar-refractivity contribution in [1.29, 1.82) is 0 Å². The highest BCUT2D eigenvalue weighted by Crippen LogP contribution is 2.18. The summed E-state index contributed by atoms with van der Waals surface area (Å²) in [6.07, 6.45) is 4.58. The van der Waals surface area contributed by atoms with Crippen LogP contribution in [0.1, 0.15) is 24.8 Å². The van der Waals surface area contributed by atoms with Crippen molar-refractivity contribution in [2.75, 3.05) is 19.6 Å². The molecule has 0 amide bonds. The first-order valence-corrected chi connectivity index (χ1v) is 7.38. The molecule has 3 heteroatoms. The van der Waals surface area contributed by atoms with Gasteiger partial charge in [0, 0.05) is 24.1 Å². The number of ether oxygens (including phenoxy) is 1. The van der Waals surface area contributed by atoms with Gasteiger partial charge in [-0.25, -0.2) is 0 Å². The second kappa shape index (κ2) is 8.96. The van der Waals surface area contributed by atoms with Gasteiger partial charge < -0.3 is 4.74 Å². The van der Waals surface area contributed by atoms with E-state index in [2.05, 4.69) is 40.2 Å². The third-order valence-electron chi connectivity index (χ3n) is 2.87. The molecule has 0 N–H and O–H groups in total. The van der Waals surface area contributed by atoms with Crippen molar-refractivity contribution in [3.05, 3.63) is 34.3 Å². The summed E-state index contributed by atoms with van der Waals surface area (Å²) >= 11 is 9.47. The average molecular weight is 320 g/mol. The Balaban J connectivity index is 2.33. The normalized spacial score (nSPS) is 12.6. The van der Waals surface area contributed by atoms with E-state index in [1.807, 2.05) is 0 Å². The second-order valence-electron chi connectivity index (χ2n) is 4.34. The number of rotatable bonds is 8. The van der Waals surface area contributed by atoms with Gasteiger partial charge in [-0.1, -0.05) is 34.5 Å². The van der Waals surface area contributed by atoms with Crippen LogP contribution in [0.5, 0.6) is 0 Å². The molecule has 0 aromatic heterocycles. The molecule has 0 saturated carbocycles. The molecule has 1 aromatic carbocycles. The highest BCUT2D eigenvalue weighted by molar-refractivity contribution is 9.10. The first-order chi connectivity index (χ1) is 8.26. The molecule has 17 heavy (non-hydrogen) atoms. The molecule has 0 aliphatic carbocycles. The van der Waals surface area contributed by atoms with Gasteiger partial charge in [-0.05, 0) is 42.9 Å². The number of halogens is 2. The van der Waals surface area contributed by atoms with Crippen LogP contribution >= 0.6 is 27.5 Å². The fraction of sp³-hybridized carbons (Fsp3) is 0.571. The van der Waals surface area contributed by atoms with E-state index in [0.29, 0.717) is 5.92 Å². The van der Waals surface area contributed by atoms with Gasteiger partial charge in [0.1, 0.15) is 0 Å². The van der Waals surface area contributed by atoms with E-state index in [0.717, 1.165) is 29.8 Å². The third kappa shape index (κ3) is 6.44. The molecule has 0 bridgehead atoms. The first kappa shape index (κ1) is 15.0. The van der Waals surface area contributed by atoms with Crippen LogP contribution in [0.15, 0.2) is 28.7 Å². The molecule has 0 radical (unpaired) electrons. The number of methoxy groups -OCH3 is 1. The van der Waals surface area contributed by atoms with Crippen molar-refractivity contribution in [3.63, 3.8) is 0 Å². The number of hydrogen-bond donors (Lipinski definition) is 0. The summed E-state index contributed by atoms with van der Waals surface area (Å²) in [6.45, 7) is 0.854. The second-order valence-corrected chi connectivity index (χ2v) is 5.56. The summed E-state index contributed by atoms with van der Waals surface area (Å²) in [4.78, 5) is 0. The van der Waals surface area contributed by atoms with Crippen LogP contribution in [-0.4, -0.2) is 19.6 Å². The lowest BCUT2D eigenvalue weighted by Crippen LogP contribution is -2.07. The van der Waals surface area contributed by atoms with Crippen LogP contribution in [0, 0.1) is 5.92 Å². The summed E-state index contributed by atoms with van der Waals surface area (Å²) < 4.78 is 6.18. The van der Waals surface area contributed by atoms with Crippen LogP contribution in [0.2, 0.25) is 0 Å². The molecule has 1 nitrogen and oxygen atoms in total. The fourth-order valence-electron chi connectivity index (χ4n) is 1.87. The summed E-state index contributed by atoms with van der Waals surface area (Å²) in [7, 11) is 1.75. The average Bonchev–Trinajstić information content (AvgIpc) is 2.35. The lowest BCUT2D eigenvalue weighted by Gasteiger charge is -2.13. The molecule has 0 heterocycles. The van der Waals surface area contributed by atoms with Gasteiger partial charge >= 0.3 is 0 Å². The minimum atomic E-state index is 0.578. The van der Waals surface area contributed by atoms with Crippen molar-refractivity contribution >= 4 is 27.5 Å². The summed E-state index contributed by atoms with van der Waals surface area (Å²) in [6, 6.07) is 8.51. The zero-order chi connectivity index (χ0) is 12.5. The number of benzene rings is 1. The summed E-state index contributed by atoms with van der Waals surface area (Å²) in [5.41, 5.74) is 1.37. The van der Waals surface area contributed by atoms with E-state index in [9.17, 15) is 0 Å². The zero-order valence-electron chi connectivity index (χ0n) is 10.3. The minimum Gasteiger partial charge on any atom is -0.385 e. The monoisotopic (exact) mass is 318 g/mol. The molecular formula is C14H20BrClO. The molecule has 1 unspecified atom stereocenters. The van der Waals surface area contributed by atoms with E-state index in [1.54, 1.807) is 7.11 Å². The predicted octanol–water partition coefficient (Wildman–Crippen LogP) is 4.66. The van der Waals surface area contributed by atoms with Crippen LogP contribution in [0.25, 0.3) is 0 Å². The topological polar surface area (TPSA) is 9.23 Å². The first-order valence-electron chi connectivity index (χ1n) is 6.05. The SMILES string of the molecule is COCCCCC(CCl)Cc1ccc(Br)cc1. The van der Waals surface area contributed by atoms with Crippen LogP contribution in [0.4, 0.5) is 0 Å². The lowest BCUT2D eigenvalue weighted by molar-refractivity contribution is 0.190. The molecule has 0 saturated heterocycles. The Bertz CT molecular complexity index is 300. The van der Waals surface area contributed by atoms with Crippen LogP contribution < -0.4 is 0 Å². The van der Waals surface area contributed by atoms with Crippen molar-refractivity contribution in [2.45, 2.75) is 25.7 Å². The molecule has 0 aliphatic rings. The maximum absolute atomic E-state index is 6.02. The van der Waals surface area contributed by atoms with Gasteiger partial charge in [-0.3, -0.25) is 0 Å². The summed E-state index contributed by atoms with van der Waals surface area (Å²) in [5.74, 6) is 1.32. The zero-order valence-corrected chi connectivity index (χ0v) is 12.6. The molecular weight excluding hydrogens is 300 g/mol. The van der Waals surface area contributed by atoms with Crippen molar-refractivity contribution in [3.8, 4) is 0 Å². The number of hydrogen-bond acceptors (Lipinski definition) is 1. The van der Waals surface area contributed by atoms with Crippen molar-refractivity contribution < 1.29 is 4.74 Å². The van der Waals surface area contributed by atoms with Gasteiger partial charge in [0.05, 0.1) is 0 Å². The molecule has 0 fully saturated rings. The van der Waals surface area contributed by atoms with E-state index in [1.165, 1.54) is 18.4 Å². The van der Waals surface area contributed by atoms with E-state index in [4.69, 9.17) is 16.3 Å². The van der Waals surface area contributed by atoms with E-state index < -0.39 is 0 Å². The van der Waals surface area contributed by atoms with Crippen LogP contribution in [0.3, 0.4) is 0 Å².